The summed E-state index contributed by atoms with van der Waals surface area (Å²) in [4.78, 5) is 2.45. The summed E-state index contributed by atoms with van der Waals surface area (Å²) in [6, 6.07) is 74.0. The van der Waals surface area contributed by atoms with Gasteiger partial charge in [0.25, 0.3) is 0 Å². The predicted octanol–water partition coefficient (Wildman–Crippen LogP) is 14.6. The Balaban J connectivity index is 1.17. The van der Waals surface area contributed by atoms with Crippen LogP contribution in [0.15, 0.2) is 211 Å². The molecule has 11 aromatic rings. The zero-order chi connectivity index (χ0) is 36.3. The van der Waals surface area contributed by atoms with Gasteiger partial charge in [0.1, 0.15) is 11.2 Å². The van der Waals surface area contributed by atoms with E-state index in [-0.39, 0.29) is 0 Å². The lowest BCUT2D eigenvalue weighted by molar-refractivity contribution is 0.669. The number of fused-ring (bicyclic) bond motifs is 7. The molecule has 0 fully saturated rings. The second kappa shape index (κ2) is 12.6. The topological polar surface area (TPSA) is 21.3 Å². The quantitative estimate of drug-likeness (QED) is 0.172. The van der Waals surface area contributed by atoms with Crippen molar-refractivity contribution in [2.24, 2.45) is 0 Å². The fourth-order valence-corrected chi connectivity index (χ4v) is 8.43. The largest absolute Gasteiger partial charge is 0.456 e. The molecule has 2 heterocycles. The van der Waals surface area contributed by atoms with Crippen molar-refractivity contribution in [3.63, 3.8) is 0 Å². The number of benzene rings is 9. The van der Waals surface area contributed by atoms with Crippen LogP contribution in [0.4, 0.5) is 17.1 Å². The van der Waals surface area contributed by atoms with Gasteiger partial charge in [0, 0.05) is 38.5 Å². The summed E-state index contributed by atoms with van der Waals surface area (Å²) < 4.78 is 8.77. The first-order chi connectivity index (χ1) is 27.3. The number of para-hydroxylation sites is 4. The van der Waals surface area contributed by atoms with Crippen LogP contribution in [0.25, 0.3) is 82.5 Å². The maximum atomic E-state index is 6.38. The first kappa shape index (κ1) is 31.2. The molecule has 0 spiro atoms. The van der Waals surface area contributed by atoms with Gasteiger partial charge < -0.3 is 13.9 Å². The van der Waals surface area contributed by atoms with Crippen molar-refractivity contribution in [3.05, 3.63) is 206 Å². The van der Waals surface area contributed by atoms with E-state index in [1.54, 1.807) is 0 Å². The summed E-state index contributed by atoms with van der Waals surface area (Å²) in [6.07, 6.45) is 0. The standard InChI is InChI=1S/C52H34N2O/c1-3-14-35(15-4-1)36-26-28-37(29-27-36)42-18-7-10-21-46(42)54(41-31-30-38-33-45-43-19-9-12-25-50(43)55-51(45)34-39(38)32-41)49-24-13-23-48-52(49)44-20-8-11-22-47(44)53(48)40-16-5-2-6-17-40/h1-34H. The number of rotatable bonds is 6. The minimum atomic E-state index is 0.893. The van der Waals surface area contributed by atoms with Crippen LogP contribution >= 0.6 is 0 Å². The van der Waals surface area contributed by atoms with E-state index in [2.05, 4.69) is 204 Å². The third kappa shape index (κ3) is 5.13. The van der Waals surface area contributed by atoms with Crippen molar-refractivity contribution < 1.29 is 4.42 Å². The molecule has 0 saturated carbocycles. The number of nitrogens with zero attached hydrogens (tertiary/aromatic N) is 2. The Labute approximate surface area is 318 Å². The Morgan fingerprint density at radius 1 is 0.382 bits per heavy atom. The highest BCUT2D eigenvalue weighted by Crippen LogP contribution is 2.47. The van der Waals surface area contributed by atoms with E-state index in [0.717, 1.165) is 66.7 Å². The molecule has 0 unspecified atom stereocenters. The summed E-state index contributed by atoms with van der Waals surface area (Å²) in [6.45, 7) is 0. The van der Waals surface area contributed by atoms with Crippen molar-refractivity contribution in [1.29, 1.82) is 0 Å². The molecule has 55 heavy (non-hydrogen) atoms. The fourth-order valence-electron chi connectivity index (χ4n) is 8.43. The van der Waals surface area contributed by atoms with Crippen LogP contribution in [-0.4, -0.2) is 4.57 Å². The SMILES string of the molecule is c1ccc(-c2ccc(-c3ccccc3N(c3ccc4cc5c(cc4c3)oc3ccccc35)c3cccc4c3c3ccccc3n4-c3ccccc3)cc2)cc1. The maximum Gasteiger partial charge on any atom is 0.136 e. The molecule has 0 N–H and O–H groups in total. The van der Waals surface area contributed by atoms with Gasteiger partial charge in [0.2, 0.25) is 0 Å². The van der Waals surface area contributed by atoms with Crippen molar-refractivity contribution in [1.82, 2.24) is 4.57 Å². The molecule has 0 aliphatic carbocycles. The number of hydrogen-bond acceptors (Lipinski definition) is 2. The van der Waals surface area contributed by atoms with E-state index in [4.69, 9.17) is 4.42 Å². The third-order valence-electron chi connectivity index (χ3n) is 11.0. The molecule has 9 aromatic carbocycles. The van der Waals surface area contributed by atoms with Gasteiger partial charge in [-0.1, -0.05) is 140 Å². The van der Waals surface area contributed by atoms with E-state index >= 15 is 0 Å². The van der Waals surface area contributed by atoms with Crippen LogP contribution in [-0.2, 0) is 0 Å². The van der Waals surface area contributed by atoms with Crippen LogP contribution in [0.5, 0.6) is 0 Å². The first-order valence-corrected chi connectivity index (χ1v) is 18.8. The highest BCUT2D eigenvalue weighted by molar-refractivity contribution is 6.17. The molecule has 0 aliphatic rings. The smallest absolute Gasteiger partial charge is 0.136 e. The lowest BCUT2D eigenvalue weighted by Crippen LogP contribution is -2.11. The van der Waals surface area contributed by atoms with Gasteiger partial charge >= 0.3 is 0 Å². The molecule has 11 rings (SSSR count). The van der Waals surface area contributed by atoms with Gasteiger partial charge in [-0.05, 0) is 94.2 Å². The molecule has 0 aliphatic heterocycles. The van der Waals surface area contributed by atoms with Crippen LogP contribution < -0.4 is 4.90 Å². The minimum absolute atomic E-state index is 0.893. The summed E-state index contributed by atoms with van der Waals surface area (Å²) in [5, 5.41) is 6.97. The molecule has 2 aromatic heterocycles. The summed E-state index contributed by atoms with van der Waals surface area (Å²) in [7, 11) is 0. The second-order valence-corrected chi connectivity index (χ2v) is 14.1. The normalized spacial score (nSPS) is 11.6. The monoisotopic (exact) mass is 702 g/mol. The van der Waals surface area contributed by atoms with Gasteiger partial charge in [0.05, 0.1) is 22.4 Å². The Kier molecular flexibility index (Phi) is 7.17. The average Bonchev–Trinajstić information content (AvgIpc) is 3.79. The molecule has 0 bridgehead atoms. The molecule has 3 nitrogen and oxygen atoms in total. The van der Waals surface area contributed by atoms with Crippen molar-refractivity contribution in [2.75, 3.05) is 4.90 Å². The Morgan fingerprint density at radius 2 is 1.04 bits per heavy atom. The fraction of sp³-hybridized carbons (Fsp3) is 0. The van der Waals surface area contributed by atoms with Crippen molar-refractivity contribution >= 4 is 71.6 Å². The Hall–Kier alpha value is -7.36. The van der Waals surface area contributed by atoms with Crippen molar-refractivity contribution in [2.45, 2.75) is 0 Å². The van der Waals surface area contributed by atoms with Gasteiger partial charge in [-0.25, -0.2) is 0 Å². The maximum absolute atomic E-state index is 6.38. The van der Waals surface area contributed by atoms with E-state index in [1.165, 1.54) is 32.8 Å². The van der Waals surface area contributed by atoms with E-state index in [9.17, 15) is 0 Å². The van der Waals surface area contributed by atoms with Crippen LogP contribution in [0.1, 0.15) is 0 Å². The number of furan rings is 1. The highest BCUT2D eigenvalue weighted by Gasteiger charge is 2.23. The number of anilines is 3. The predicted molar refractivity (Wildman–Crippen MR) is 231 cm³/mol. The zero-order valence-electron chi connectivity index (χ0n) is 29.9. The van der Waals surface area contributed by atoms with Gasteiger partial charge in [-0.15, -0.1) is 0 Å². The van der Waals surface area contributed by atoms with Crippen LogP contribution in [0.2, 0.25) is 0 Å². The zero-order valence-corrected chi connectivity index (χ0v) is 29.9. The number of hydrogen-bond donors (Lipinski definition) is 0. The van der Waals surface area contributed by atoms with Gasteiger partial charge in [0.15, 0.2) is 0 Å². The molecule has 0 atom stereocenters. The molecule has 0 radical (unpaired) electrons. The third-order valence-corrected chi connectivity index (χ3v) is 11.0. The highest BCUT2D eigenvalue weighted by atomic mass is 16.3. The van der Waals surface area contributed by atoms with E-state index in [0.29, 0.717) is 0 Å². The summed E-state index contributed by atoms with van der Waals surface area (Å²) in [5.41, 5.74) is 13.3. The van der Waals surface area contributed by atoms with Gasteiger partial charge in [-0.3, -0.25) is 0 Å². The summed E-state index contributed by atoms with van der Waals surface area (Å²) >= 11 is 0. The lowest BCUT2D eigenvalue weighted by Gasteiger charge is -2.29. The summed E-state index contributed by atoms with van der Waals surface area (Å²) in [5.74, 6) is 0. The van der Waals surface area contributed by atoms with Crippen molar-refractivity contribution in [3.8, 4) is 27.9 Å². The molecule has 258 valence electrons. The second-order valence-electron chi connectivity index (χ2n) is 14.1. The Morgan fingerprint density at radius 3 is 1.89 bits per heavy atom. The molecule has 0 amide bonds. The van der Waals surface area contributed by atoms with Crippen LogP contribution in [0.3, 0.4) is 0 Å². The van der Waals surface area contributed by atoms with Crippen LogP contribution in [0, 0.1) is 0 Å². The molecule has 3 heteroatoms. The first-order valence-electron chi connectivity index (χ1n) is 18.8. The molecular weight excluding hydrogens is 669 g/mol. The number of aromatic nitrogens is 1. The lowest BCUT2D eigenvalue weighted by atomic mass is 9.97. The average molecular weight is 703 g/mol. The Bertz CT molecular complexity index is 3190. The molecular formula is C52H34N2O. The molecule has 0 saturated heterocycles. The van der Waals surface area contributed by atoms with Gasteiger partial charge in [-0.2, -0.15) is 0 Å². The van der Waals surface area contributed by atoms with E-state index in [1.807, 2.05) is 12.1 Å². The van der Waals surface area contributed by atoms with E-state index < -0.39 is 0 Å². The minimum Gasteiger partial charge on any atom is -0.456 e.